The van der Waals surface area contributed by atoms with Crippen LogP contribution in [-0.4, -0.2) is 30.7 Å². The molecule has 0 aliphatic carbocycles. The molecule has 150 valence electrons. The summed E-state index contributed by atoms with van der Waals surface area (Å²) < 4.78 is 10.8. The minimum atomic E-state index is -1.14. The van der Waals surface area contributed by atoms with Gasteiger partial charge in [-0.25, -0.2) is 4.79 Å². The summed E-state index contributed by atoms with van der Waals surface area (Å²) in [4.78, 5) is 23.2. The van der Waals surface area contributed by atoms with E-state index in [1.54, 1.807) is 31.2 Å². The number of carboxylic acid groups (broad SMARTS) is 1. The first kappa shape index (κ1) is 22.3. The second-order valence-corrected chi connectivity index (χ2v) is 7.09. The van der Waals surface area contributed by atoms with E-state index in [2.05, 4.69) is 21.2 Å². The van der Waals surface area contributed by atoms with Gasteiger partial charge < -0.3 is 19.9 Å². The minimum absolute atomic E-state index is 0.132. The average Bonchev–Trinajstić information content (AvgIpc) is 2.66. The second-order valence-electron chi connectivity index (χ2n) is 5.80. The van der Waals surface area contributed by atoms with Gasteiger partial charge in [0.05, 0.1) is 11.6 Å². The number of anilines is 1. The number of ether oxygens (including phenoxy) is 2. The first-order chi connectivity index (χ1) is 13.7. The number of nitrogens with zero attached hydrogens (tertiary/aromatic N) is 1. The molecule has 0 spiro atoms. The van der Waals surface area contributed by atoms with E-state index in [9.17, 15) is 14.9 Å². The summed E-state index contributed by atoms with van der Waals surface area (Å²) in [6.07, 6.45) is 1.38. The molecule has 29 heavy (non-hydrogen) atoms. The highest BCUT2D eigenvalue weighted by Crippen LogP contribution is 2.37. The predicted molar refractivity (Wildman–Crippen MR) is 112 cm³/mol. The van der Waals surface area contributed by atoms with Crippen molar-refractivity contribution in [3.8, 4) is 17.6 Å². The highest BCUT2D eigenvalue weighted by Gasteiger charge is 2.15. The van der Waals surface area contributed by atoms with Crippen molar-refractivity contribution in [3.63, 3.8) is 0 Å². The quantitative estimate of drug-likeness (QED) is 0.449. The zero-order valence-electron chi connectivity index (χ0n) is 15.5. The summed E-state index contributed by atoms with van der Waals surface area (Å²) in [5.74, 6) is -1.27. The summed E-state index contributed by atoms with van der Waals surface area (Å²) in [6, 6.07) is 9.97. The number of nitrogens with one attached hydrogen (secondary N) is 1. The summed E-state index contributed by atoms with van der Waals surface area (Å²) in [6.45, 7) is 1.24. The number of carbonyl (C=O) groups excluding carboxylic acids is 1. The first-order valence-corrected chi connectivity index (χ1v) is 9.33. The number of aliphatic carboxylic acids is 1. The number of rotatable bonds is 7. The highest BCUT2D eigenvalue weighted by molar-refractivity contribution is 9.10. The van der Waals surface area contributed by atoms with Gasteiger partial charge in [0.25, 0.3) is 5.91 Å². The van der Waals surface area contributed by atoms with Crippen LogP contribution in [0.5, 0.6) is 11.5 Å². The Bertz CT molecular complexity index is 1030. The van der Waals surface area contributed by atoms with Crippen LogP contribution in [0.15, 0.2) is 40.4 Å². The maximum atomic E-state index is 12.5. The van der Waals surface area contributed by atoms with Crippen LogP contribution in [0.25, 0.3) is 6.08 Å². The summed E-state index contributed by atoms with van der Waals surface area (Å²) in [7, 11) is 1.39. The number of aryl methyl sites for hydroxylation is 1. The first-order valence-electron chi connectivity index (χ1n) is 8.16. The maximum absolute atomic E-state index is 12.5. The Labute approximate surface area is 180 Å². The molecule has 9 heteroatoms. The molecule has 2 aromatic carbocycles. The number of halogens is 2. The van der Waals surface area contributed by atoms with Crippen LogP contribution in [-0.2, 0) is 9.59 Å². The zero-order valence-corrected chi connectivity index (χ0v) is 17.8. The molecule has 0 aromatic heterocycles. The summed E-state index contributed by atoms with van der Waals surface area (Å²) >= 11 is 9.20. The van der Waals surface area contributed by atoms with Gasteiger partial charge in [0.2, 0.25) is 0 Å². The van der Waals surface area contributed by atoms with Crippen molar-refractivity contribution in [2.75, 3.05) is 19.0 Å². The molecule has 0 radical (unpaired) electrons. The van der Waals surface area contributed by atoms with Crippen LogP contribution in [0.2, 0.25) is 5.02 Å². The number of nitriles is 1. The molecule has 7 nitrogen and oxygen atoms in total. The lowest BCUT2D eigenvalue weighted by atomic mass is 10.1. The topological polar surface area (TPSA) is 109 Å². The standard InChI is InChI=1S/C20H16BrClN2O5/c1-11-5-14(22)3-4-16(11)24-20(27)13(9-23)6-12-7-15(21)19(17(8-12)28-2)29-10-18(25)26/h3-8H,10H2,1-2H3,(H,24,27)(H,25,26)/b13-6+. The minimum Gasteiger partial charge on any atom is -0.493 e. The van der Waals surface area contributed by atoms with Gasteiger partial charge in [-0.3, -0.25) is 4.79 Å². The molecule has 0 bridgehead atoms. The van der Waals surface area contributed by atoms with Crippen molar-refractivity contribution in [1.82, 2.24) is 0 Å². The smallest absolute Gasteiger partial charge is 0.341 e. The van der Waals surface area contributed by atoms with E-state index in [0.717, 1.165) is 5.56 Å². The Kier molecular flexibility index (Phi) is 7.65. The average molecular weight is 480 g/mol. The third kappa shape index (κ3) is 5.98. The molecule has 1 amide bonds. The van der Waals surface area contributed by atoms with Crippen molar-refractivity contribution in [3.05, 3.63) is 56.5 Å². The van der Waals surface area contributed by atoms with E-state index in [1.807, 2.05) is 6.07 Å². The van der Waals surface area contributed by atoms with E-state index in [-0.39, 0.29) is 17.1 Å². The number of hydrogen-bond acceptors (Lipinski definition) is 5. The maximum Gasteiger partial charge on any atom is 0.341 e. The molecule has 0 unspecified atom stereocenters. The van der Waals surface area contributed by atoms with Crippen LogP contribution >= 0.6 is 27.5 Å². The SMILES string of the molecule is COc1cc(/C=C(\C#N)C(=O)Nc2ccc(Cl)cc2C)cc(Br)c1OCC(=O)O. The van der Waals surface area contributed by atoms with Crippen molar-refractivity contribution >= 4 is 51.2 Å². The van der Waals surface area contributed by atoms with Gasteiger partial charge in [-0.15, -0.1) is 0 Å². The van der Waals surface area contributed by atoms with Gasteiger partial charge >= 0.3 is 5.97 Å². The van der Waals surface area contributed by atoms with Gasteiger partial charge in [0.15, 0.2) is 18.1 Å². The predicted octanol–water partition coefficient (Wildman–Crippen LogP) is 4.43. The van der Waals surface area contributed by atoms with E-state index in [1.165, 1.54) is 19.3 Å². The molecule has 0 fully saturated rings. The third-order valence-electron chi connectivity index (χ3n) is 3.70. The number of carboxylic acids is 1. The van der Waals surface area contributed by atoms with E-state index < -0.39 is 18.5 Å². The molecule has 0 saturated carbocycles. The number of methoxy groups -OCH3 is 1. The Balaban J connectivity index is 2.32. The molecule has 0 saturated heterocycles. The molecule has 0 aliphatic heterocycles. The largest absolute Gasteiger partial charge is 0.493 e. The lowest BCUT2D eigenvalue weighted by molar-refractivity contribution is -0.139. The fraction of sp³-hybridized carbons (Fsp3) is 0.150. The lowest BCUT2D eigenvalue weighted by Crippen LogP contribution is -2.14. The van der Waals surface area contributed by atoms with Crippen molar-refractivity contribution in [1.29, 1.82) is 5.26 Å². The normalized spacial score (nSPS) is 10.8. The van der Waals surface area contributed by atoms with Crippen LogP contribution in [0.3, 0.4) is 0 Å². The van der Waals surface area contributed by atoms with E-state index >= 15 is 0 Å². The molecule has 2 rings (SSSR count). The zero-order chi connectivity index (χ0) is 21.6. The molecule has 0 atom stereocenters. The Morgan fingerprint density at radius 3 is 2.66 bits per heavy atom. The Morgan fingerprint density at radius 1 is 1.34 bits per heavy atom. The van der Waals surface area contributed by atoms with Gasteiger partial charge in [0.1, 0.15) is 11.6 Å². The fourth-order valence-electron chi connectivity index (χ4n) is 2.37. The van der Waals surface area contributed by atoms with Crippen LogP contribution in [0.4, 0.5) is 5.69 Å². The van der Waals surface area contributed by atoms with E-state index in [4.69, 9.17) is 26.2 Å². The lowest BCUT2D eigenvalue weighted by Gasteiger charge is -2.12. The summed E-state index contributed by atoms with van der Waals surface area (Å²) in [5.41, 5.74) is 1.65. The van der Waals surface area contributed by atoms with Crippen LogP contribution in [0, 0.1) is 18.3 Å². The van der Waals surface area contributed by atoms with Gasteiger partial charge in [0, 0.05) is 10.7 Å². The fourth-order valence-corrected chi connectivity index (χ4v) is 3.17. The van der Waals surface area contributed by atoms with Crippen LogP contribution < -0.4 is 14.8 Å². The van der Waals surface area contributed by atoms with Gasteiger partial charge in [-0.1, -0.05) is 11.6 Å². The second kappa shape index (κ2) is 9.96. The number of hydrogen-bond donors (Lipinski definition) is 2. The van der Waals surface area contributed by atoms with Crippen LogP contribution in [0.1, 0.15) is 11.1 Å². The Hall–Kier alpha value is -3.02. The molecule has 2 N–H and O–H groups in total. The number of benzene rings is 2. The Morgan fingerprint density at radius 2 is 2.07 bits per heavy atom. The van der Waals surface area contributed by atoms with Crippen molar-refractivity contribution in [2.45, 2.75) is 6.92 Å². The molecular formula is C20H16BrClN2O5. The van der Waals surface area contributed by atoms with E-state index in [0.29, 0.717) is 20.7 Å². The highest BCUT2D eigenvalue weighted by atomic mass is 79.9. The number of carbonyl (C=O) groups is 2. The summed E-state index contributed by atoms with van der Waals surface area (Å²) in [5, 5.41) is 21.4. The van der Waals surface area contributed by atoms with Gasteiger partial charge in [-0.2, -0.15) is 5.26 Å². The third-order valence-corrected chi connectivity index (χ3v) is 4.53. The molecule has 2 aromatic rings. The van der Waals surface area contributed by atoms with Crippen molar-refractivity contribution in [2.24, 2.45) is 0 Å². The van der Waals surface area contributed by atoms with Crippen molar-refractivity contribution < 1.29 is 24.2 Å². The molecule has 0 heterocycles. The molecular weight excluding hydrogens is 464 g/mol. The number of amides is 1. The molecule has 0 aliphatic rings. The van der Waals surface area contributed by atoms with Gasteiger partial charge in [-0.05, 0) is 70.4 Å². The monoisotopic (exact) mass is 478 g/mol.